The van der Waals surface area contributed by atoms with Crippen molar-refractivity contribution in [2.45, 2.75) is 26.2 Å². The van der Waals surface area contributed by atoms with E-state index in [1.807, 2.05) is 43.3 Å². The standard InChI is InChI=1S/C18H20N2O2/c1-2-16(15-10-6-7-11-17(15)21)19-20-18(22)13-12-14-8-4-3-5-9-14/h3-11,21H,2,12-13H2,1H3,(H,20,22). The number of amides is 1. The quantitative estimate of drug-likeness (QED) is 0.635. The molecule has 2 rings (SSSR count). The van der Waals surface area contributed by atoms with Crippen LogP contribution in [0.4, 0.5) is 0 Å². The summed E-state index contributed by atoms with van der Waals surface area (Å²) in [6.45, 7) is 1.93. The molecular formula is C18H20N2O2. The molecule has 4 heteroatoms. The molecule has 0 aliphatic rings. The molecule has 0 saturated carbocycles. The smallest absolute Gasteiger partial charge is 0.240 e. The minimum absolute atomic E-state index is 0.134. The van der Waals surface area contributed by atoms with Crippen molar-refractivity contribution in [1.29, 1.82) is 0 Å². The topological polar surface area (TPSA) is 61.7 Å². The van der Waals surface area contributed by atoms with E-state index in [1.165, 1.54) is 0 Å². The Balaban J connectivity index is 1.94. The number of hydrazone groups is 1. The lowest BCUT2D eigenvalue weighted by molar-refractivity contribution is -0.121. The van der Waals surface area contributed by atoms with Gasteiger partial charge in [-0.3, -0.25) is 4.79 Å². The summed E-state index contributed by atoms with van der Waals surface area (Å²) in [7, 11) is 0. The van der Waals surface area contributed by atoms with Gasteiger partial charge in [0.2, 0.25) is 5.91 Å². The Hall–Kier alpha value is -2.62. The third kappa shape index (κ3) is 4.45. The first kappa shape index (κ1) is 15.8. The Labute approximate surface area is 130 Å². The van der Waals surface area contributed by atoms with Gasteiger partial charge in [0.05, 0.1) is 5.71 Å². The molecule has 4 nitrogen and oxygen atoms in total. The fraction of sp³-hybridized carbons (Fsp3) is 0.222. The lowest BCUT2D eigenvalue weighted by Gasteiger charge is -2.07. The van der Waals surface area contributed by atoms with Gasteiger partial charge in [-0.05, 0) is 30.5 Å². The molecule has 0 atom stereocenters. The number of phenols is 1. The van der Waals surface area contributed by atoms with Gasteiger partial charge in [-0.25, -0.2) is 5.43 Å². The molecule has 0 spiro atoms. The number of aryl methyl sites for hydroxylation is 1. The van der Waals surface area contributed by atoms with Crippen LogP contribution in [-0.2, 0) is 11.2 Å². The third-order valence-corrected chi connectivity index (χ3v) is 3.35. The summed E-state index contributed by atoms with van der Waals surface area (Å²) < 4.78 is 0. The number of hydrogen-bond donors (Lipinski definition) is 2. The van der Waals surface area contributed by atoms with Gasteiger partial charge in [-0.2, -0.15) is 5.10 Å². The van der Waals surface area contributed by atoms with Crippen LogP contribution in [-0.4, -0.2) is 16.7 Å². The molecule has 2 N–H and O–H groups in total. The molecule has 2 aromatic rings. The van der Waals surface area contributed by atoms with Gasteiger partial charge in [0, 0.05) is 12.0 Å². The zero-order valence-corrected chi connectivity index (χ0v) is 12.6. The van der Waals surface area contributed by atoms with Crippen molar-refractivity contribution >= 4 is 11.6 Å². The van der Waals surface area contributed by atoms with Crippen LogP contribution < -0.4 is 5.43 Å². The molecule has 0 unspecified atom stereocenters. The SMILES string of the molecule is CCC(=NNC(=O)CCc1ccccc1)c1ccccc1O. The van der Waals surface area contributed by atoms with E-state index in [2.05, 4.69) is 10.5 Å². The minimum atomic E-state index is -0.134. The third-order valence-electron chi connectivity index (χ3n) is 3.35. The Morgan fingerprint density at radius 1 is 1.09 bits per heavy atom. The average molecular weight is 296 g/mol. The summed E-state index contributed by atoms with van der Waals surface area (Å²) in [4.78, 5) is 11.9. The van der Waals surface area contributed by atoms with Gasteiger partial charge >= 0.3 is 0 Å². The van der Waals surface area contributed by atoms with Crippen molar-refractivity contribution in [2.75, 3.05) is 0 Å². The van der Waals surface area contributed by atoms with E-state index in [1.54, 1.807) is 18.2 Å². The highest BCUT2D eigenvalue weighted by Gasteiger charge is 2.07. The second-order valence-corrected chi connectivity index (χ2v) is 4.95. The predicted molar refractivity (Wildman–Crippen MR) is 87.8 cm³/mol. The molecule has 0 aliphatic carbocycles. The summed E-state index contributed by atoms with van der Waals surface area (Å²) >= 11 is 0. The zero-order valence-electron chi connectivity index (χ0n) is 12.6. The van der Waals surface area contributed by atoms with Crippen molar-refractivity contribution < 1.29 is 9.90 Å². The Morgan fingerprint density at radius 2 is 1.77 bits per heavy atom. The van der Waals surface area contributed by atoms with E-state index in [0.29, 0.717) is 30.5 Å². The zero-order chi connectivity index (χ0) is 15.8. The molecule has 0 fully saturated rings. The maximum absolute atomic E-state index is 11.9. The summed E-state index contributed by atoms with van der Waals surface area (Å²) in [6, 6.07) is 16.8. The van der Waals surface area contributed by atoms with Crippen LogP contribution >= 0.6 is 0 Å². The minimum Gasteiger partial charge on any atom is -0.507 e. The van der Waals surface area contributed by atoms with Crippen LogP contribution in [0.5, 0.6) is 5.75 Å². The summed E-state index contributed by atoms with van der Waals surface area (Å²) in [6.07, 6.45) is 1.68. The normalized spacial score (nSPS) is 11.2. The van der Waals surface area contributed by atoms with Crippen molar-refractivity contribution in [2.24, 2.45) is 5.10 Å². The van der Waals surface area contributed by atoms with Gasteiger partial charge in [-0.15, -0.1) is 0 Å². The highest BCUT2D eigenvalue weighted by molar-refractivity contribution is 6.03. The van der Waals surface area contributed by atoms with Crippen LogP contribution in [0.25, 0.3) is 0 Å². The van der Waals surface area contributed by atoms with Crippen LogP contribution in [0.2, 0.25) is 0 Å². The van der Waals surface area contributed by atoms with Crippen LogP contribution in [0.3, 0.4) is 0 Å². The Morgan fingerprint density at radius 3 is 2.45 bits per heavy atom. The van der Waals surface area contributed by atoms with Crippen molar-refractivity contribution in [3.05, 3.63) is 65.7 Å². The molecule has 0 heterocycles. The fourth-order valence-electron chi connectivity index (χ4n) is 2.14. The first-order valence-corrected chi connectivity index (χ1v) is 7.38. The number of carbonyl (C=O) groups excluding carboxylic acids is 1. The number of nitrogens with one attached hydrogen (secondary N) is 1. The molecule has 0 bridgehead atoms. The van der Waals surface area contributed by atoms with Gasteiger partial charge in [0.1, 0.15) is 5.75 Å². The number of hydrogen-bond acceptors (Lipinski definition) is 3. The van der Waals surface area contributed by atoms with E-state index in [0.717, 1.165) is 5.56 Å². The van der Waals surface area contributed by atoms with Crippen LogP contribution in [0.1, 0.15) is 30.9 Å². The number of nitrogens with zero attached hydrogens (tertiary/aromatic N) is 1. The summed E-state index contributed by atoms with van der Waals surface area (Å²) in [5, 5.41) is 14.0. The molecule has 1 amide bonds. The monoisotopic (exact) mass is 296 g/mol. The van der Waals surface area contributed by atoms with E-state index >= 15 is 0 Å². The Kier molecular flexibility index (Phi) is 5.72. The maximum Gasteiger partial charge on any atom is 0.240 e. The highest BCUT2D eigenvalue weighted by atomic mass is 16.3. The second-order valence-electron chi connectivity index (χ2n) is 4.95. The van der Waals surface area contributed by atoms with Crippen LogP contribution in [0.15, 0.2) is 59.7 Å². The average Bonchev–Trinajstić information content (AvgIpc) is 2.56. The number of benzene rings is 2. The molecule has 114 valence electrons. The summed E-state index contributed by atoms with van der Waals surface area (Å²) in [5.74, 6) is 0.0341. The number of phenolic OH excluding ortho intramolecular Hbond substituents is 1. The fourth-order valence-corrected chi connectivity index (χ4v) is 2.14. The van der Waals surface area contributed by atoms with Gasteiger partial charge in [-0.1, -0.05) is 49.4 Å². The Bertz CT molecular complexity index is 651. The van der Waals surface area contributed by atoms with E-state index in [4.69, 9.17) is 0 Å². The molecule has 0 radical (unpaired) electrons. The van der Waals surface area contributed by atoms with E-state index < -0.39 is 0 Å². The number of rotatable bonds is 6. The number of para-hydroxylation sites is 1. The first-order chi connectivity index (χ1) is 10.7. The largest absolute Gasteiger partial charge is 0.507 e. The lowest BCUT2D eigenvalue weighted by atomic mass is 10.1. The lowest BCUT2D eigenvalue weighted by Crippen LogP contribution is -2.20. The molecule has 2 aromatic carbocycles. The summed E-state index contributed by atoms with van der Waals surface area (Å²) in [5.41, 5.74) is 5.00. The molecule has 0 aliphatic heterocycles. The second kappa shape index (κ2) is 7.98. The van der Waals surface area contributed by atoms with Crippen molar-refractivity contribution in [3.63, 3.8) is 0 Å². The van der Waals surface area contributed by atoms with Crippen molar-refractivity contribution in [3.8, 4) is 5.75 Å². The molecule has 0 aromatic heterocycles. The number of aromatic hydroxyl groups is 1. The first-order valence-electron chi connectivity index (χ1n) is 7.38. The van der Waals surface area contributed by atoms with Gasteiger partial charge in [0.25, 0.3) is 0 Å². The van der Waals surface area contributed by atoms with Gasteiger partial charge in [0.15, 0.2) is 0 Å². The highest BCUT2D eigenvalue weighted by Crippen LogP contribution is 2.17. The number of carbonyl (C=O) groups is 1. The molecule has 22 heavy (non-hydrogen) atoms. The van der Waals surface area contributed by atoms with E-state index in [-0.39, 0.29) is 11.7 Å². The van der Waals surface area contributed by atoms with E-state index in [9.17, 15) is 9.90 Å². The molecule has 0 saturated heterocycles. The predicted octanol–water partition coefficient (Wildman–Crippen LogP) is 3.26. The molecular weight excluding hydrogens is 276 g/mol. The maximum atomic E-state index is 11.9. The van der Waals surface area contributed by atoms with Crippen molar-refractivity contribution in [1.82, 2.24) is 5.43 Å². The van der Waals surface area contributed by atoms with Crippen LogP contribution in [0, 0.1) is 0 Å². The van der Waals surface area contributed by atoms with Gasteiger partial charge < -0.3 is 5.11 Å².